The summed E-state index contributed by atoms with van der Waals surface area (Å²) in [6, 6.07) is 4.31. The van der Waals surface area contributed by atoms with E-state index < -0.39 is 17.8 Å². The van der Waals surface area contributed by atoms with E-state index in [1.807, 2.05) is 0 Å². The van der Waals surface area contributed by atoms with E-state index in [0.29, 0.717) is 18.6 Å². The van der Waals surface area contributed by atoms with E-state index in [9.17, 15) is 18.0 Å². The van der Waals surface area contributed by atoms with Crippen LogP contribution in [0.4, 0.5) is 18.0 Å². The van der Waals surface area contributed by atoms with E-state index in [4.69, 9.17) is 9.84 Å². The lowest BCUT2D eigenvalue weighted by Gasteiger charge is -2.35. The quantitative estimate of drug-likeness (QED) is 0.891. The Labute approximate surface area is 107 Å². The van der Waals surface area contributed by atoms with Crippen LogP contribution in [0.25, 0.3) is 0 Å². The van der Waals surface area contributed by atoms with Gasteiger partial charge in [-0.2, -0.15) is 13.2 Å². The van der Waals surface area contributed by atoms with Crippen LogP contribution in [0.3, 0.4) is 0 Å². The summed E-state index contributed by atoms with van der Waals surface area (Å²) in [6.45, 7) is 0. The fourth-order valence-electron chi connectivity index (χ4n) is 1.87. The molecule has 1 aliphatic carbocycles. The van der Waals surface area contributed by atoms with Gasteiger partial charge < -0.3 is 15.2 Å². The van der Waals surface area contributed by atoms with Gasteiger partial charge in [-0.1, -0.05) is 0 Å². The van der Waals surface area contributed by atoms with Gasteiger partial charge in [-0.05, 0) is 24.3 Å². The third-order valence-corrected chi connectivity index (χ3v) is 2.91. The zero-order valence-corrected chi connectivity index (χ0v) is 9.78. The van der Waals surface area contributed by atoms with E-state index >= 15 is 0 Å². The molecule has 0 aromatic heterocycles. The van der Waals surface area contributed by atoms with Gasteiger partial charge in [-0.15, -0.1) is 0 Å². The van der Waals surface area contributed by atoms with Gasteiger partial charge in [0.1, 0.15) is 11.9 Å². The summed E-state index contributed by atoms with van der Waals surface area (Å²) < 4.78 is 42.4. The van der Waals surface area contributed by atoms with Crippen molar-refractivity contribution in [2.24, 2.45) is 0 Å². The summed E-state index contributed by atoms with van der Waals surface area (Å²) in [6.07, 6.45) is -4.56. The van der Waals surface area contributed by atoms with Crippen LogP contribution in [0.2, 0.25) is 0 Å². The SMILES string of the molecule is O=C(O)NC1CC(Oc2ccc(C(F)(F)F)cc2)C1. The number of amides is 1. The van der Waals surface area contributed by atoms with E-state index in [1.165, 1.54) is 12.1 Å². The van der Waals surface area contributed by atoms with Crippen LogP contribution in [0.5, 0.6) is 5.75 Å². The Balaban J connectivity index is 1.84. The lowest BCUT2D eigenvalue weighted by Crippen LogP contribution is -2.48. The average Bonchev–Trinajstić information content (AvgIpc) is 2.25. The molecule has 1 fully saturated rings. The van der Waals surface area contributed by atoms with Crippen molar-refractivity contribution in [3.63, 3.8) is 0 Å². The maximum absolute atomic E-state index is 12.3. The van der Waals surface area contributed by atoms with E-state index in [2.05, 4.69) is 5.32 Å². The molecule has 1 aromatic carbocycles. The molecule has 0 bridgehead atoms. The Morgan fingerprint density at radius 2 is 1.84 bits per heavy atom. The highest BCUT2D eigenvalue weighted by Crippen LogP contribution is 2.31. The van der Waals surface area contributed by atoms with Gasteiger partial charge in [0.05, 0.1) is 5.56 Å². The predicted molar refractivity (Wildman–Crippen MR) is 60.0 cm³/mol. The smallest absolute Gasteiger partial charge is 0.416 e. The molecule has 0 unspecified atom stereocenters. The van der Waals surface area contributed by atoms with Gasteiger partial charge in [-0.25, -0.2) is 4.79 Å². The number of nitrogens with one attached hydrogen (secondary N) is 1. The van der Waals surface area contributed by atoms with Gasteiger partial charge in [0.25, 0.3) is 0 Å². The number of hydrogen-bond donors (Lipinski definition) is 2. The molecule has 7 heteroatoms. The molecule has 0 atom stereocenters. The molecule has 1 aliphatic rings. The standard InChI is InChI=1S/C12H12F3NO3/c13-12(14,15)7-1-3-9(4-2-7)19-10-5-8(6-10)16-11(17)18/h1-4,8,10,16H,5-6H2,(H,17,18). The maximum atomic E-state index is 12.3. The topological polar surface area (TPSA) is 58.6 Å². The van der Waals surface area contributed by atoms with Crippen molar-refractivity contribution >= 4 is 6.09 Å². The van der Waals surface area contributed by atoms with Crippen molar-refractivity contribution in [2.45, 2.75) is 31.2 Å². The molecular weight excluding hydrogens is 263 g/mol. The second kappa shape index (κ2) is 4.99. The zero-order chi connectivity index (χ0) is 14.0. The van der Waals surface area contributed by atoms with Gasteiger partial charge in [0.15, 0.2) is 0 Å². The molecular formula is C12H12F3NO3. The number of benzene rings is 1. The minimum atomic E-state index is -4.36. The van der Waals surface area contributed by atoms with Crippen LogP contribution >= 0.6 is 0 Å². The second-order valence-corrected chi connectivity index (χ2v) is 4.38. The van der Waals surface area contributed by atoms with Crippen molar-refractivity contribution < 1.29 is 27.8 Å². The van der Waals surface area contributed by atoms with Crippen molar-refractivity contribution in [1.29, 1.82) is 0 Å². The number of carboxylic acid groups (broad SMARTS) is 1. The molecule has 1 saturated carbocycles. The Morgan fingerprint density at radius 3 is 2.32 bits per heavy atom. The second-order valence-electron chi connectivity index (χ2n) is 4.38. The highest BCUT2D eigenvalue weighted by atomic mass is 19.4. The lowest BCUT2D eigenvalue weighted by atomic mass is 9.89. The predicted octanol–water partition coefficient (Wildman–Crippen LogP) is 2.88. The van der Waals surface area contributed by atoms with Crippen LogP contribution < -0.4 is 10.1 Å². The minimum Gasteiger partial charge on any atom is -0.490 e. The number of rotatable bonds is 3. The highest BCUT2D eigenvalue weighted by Gasteiger charge is 2.33. The lowest BCUT2D eigenvalue weighted by molar-refractivity contribution is -0.137. The molecule has 0 spiro atoms. The van der Waals surface area contributed by atoms with E-state index in [-0.39, 0.29) is 12.1 Å². The van der Waals surface area contributed by atoms with Gasteiger partial charge in [0, 0.05) is 18.9 Å². The zero-order valence-electron chi connectivity index (χ0n) is 9.78. The molecule has 0 saturated heterocycles. The number of alkyl halides is 3. The Bertz CT molecular complexity index is 452. The van der Waals surface area contributed by atoms with Crippen LogP contribution in [0.1, 0.15) is 18.4 Å². The van der Waals surface area contributed by atoms with Crippen molar-refractivity contribution in [3.8, 4) is 5.75 Å². The van der Waals surface area contributed by atoms with Crippen LogP contribution in [-0.4, -0.2) is 23.3 Å². The number of carbonyl (C=O) groups is 1. The van der Waals surface area contributed by atoms with E-state index in [0.717, 1.165) is 12.1 Å². The third-order valence-electron chi connectivity index (χ3n) is 2.91. The molecule has 4 nitrogen and oxygen atoms in total. The summed E-state index contributed by atoms with van der Waals surface area (Å²) in [5, 5.41) is 10.8. The third kappa shape index (κ3) is 3.52. The van der Waals surface area contributed by atoms with Crippen molar-refractivity contribution in [3.05, 3.63) is 29.8 Å². The largest absolute Gasteiger partial charge is 0.490 e. The summed E-state index contributed by atoms with van der Waals surface area (Å²) in [5.41, 5.74) is -0.723. The van der Waals surface area contributed by atoms with Crippen LogP contribution in [0.15, 0.2) is 24.3 Å². The fourth-order valence-corrected chi connectivity index (χ4v) is 1.87. The normalized spacial score (nSPS) is 22.5. The van der Waals surface area contributed by atoms with E-state index in [1.54, 1.807) is 0 Å². The summed E-state index contributed by atoms with van der Waals surface area (Å²) in [5.74, 6) is 0.353. The first-order chi connectivity index (χ1) is 8.84. The molecule has 19 heavy (non-hydrogen) atoms. The molecule has 0 heterocycles. The number of ether oxygens (including phenoxy) is 1. The average molecular weight is 275 g/mol. The van der Waals surface area contributed by atoms with Gasteiger partial charge >= 0.3 is 12.3 Å². The molecule has 1 aromatic rings. The Morgan fingerprint density at radius 1 is 1.26 bits per heavy atom. The monoisotopic (exact) mass is 275 g/mol. The van der Waals surface area contributed by atoms with Crippen LogP contribution in [-0.2, 0) is 6.18 Å². The Hall–Kier alpha value is -1.92. The van der Waals surface area contributed by atoms with Crippen molar-refractivity contribution in [2.75, 3.05) is 0 Å². The van der Waals surface area contributed by atoms with Crippen LogP contribution in [0, 0.1) is 0 Å². The fraction of sp³-hybridized carbons (Fsp3) is 0.417. The maximum Gasteiger partial charge on any atom is 0.416 e. The van der Waals surface area contributed by atoms with Gasteiger partial charge in [0.2, 0.25) is 0 Å². The number of halogens is 3. The first-order valence-electron chi connectivity index (χ1n) is 5.68. The minimum absolute atomic E-state index is 0.142. The first-order valence-corrected chi connectivity index (χ1v) is 5.68. The number of hydrogen-bond acceptors (Lipinski definition) is 2. The Kier molecular flexibility index (Phi) is 3.55. The summed E-state index contributed by atoms with van der Waals surface area (Å²) >= 11 is 0. The molecule has 0 radical (unpaired) electrons. The summed E-state index contributed by atoms with van der Waals surface area (Å²) in [4.78, 5) is 10.3. The molecule has 0 aliphatic heterocycles. The van der Waals surface area contributed by atoms with Gasteiger partial charge in [-0.3, -0.25) is 0 Å². The molecule has 104 valence electrons. The first kappa shape index (κ1) is 13.5. The highest BCUT2D eigenvalue weighted by molar-refractivity contribution is 5.65. The summed E-state index contributed by atoms with van der Waals surface area (Å²) in [7, 11) is 0. The molecule has 2 N–H and O–H groups in total. The molecule has 2 rings (SSSR count). The molecule has 1 amide bonds. The van der Waals surface area contributed by atoms with Crippen molar-refractivity contribution in [1.82, 2.24) is 5.32 Å².